The summed E-state index contributed by atoms with van der Waals surface area (Å²) in [6.07, 6.45) is 1.43. The number of halogens is 1. The number of nitrogens with one attached hydrogen (secondary N) is 1. The average molecular weight is 448 g/mol. The zero-order valence-corrected chi connectivity index (χ0v) is 17.6. The Balaban J connectivity index is 1.34. The number of rotatable bonds is 6. The molecule has 0 fully saturated rings. The standard InChI is InChI=1S/C24H18ClN3O4/c25-20-7-3-1-5-18(20)23(30)27-16-9-11-17(12-10-16)32-22(29)13-14-28-15-26-21-8-4-2-6-19(21)24(28)31/h1-12,15H,13-14H2,(H,27,30). The van der Waals surface area contributed by atoms with E-state index in [4.69, 9.17) is 16.3 Å². The summed E-state index contributed by atoms with van der Waals surface area (Å²) < 4.78 is 6.70. The Kier molecular flexibility index (Phi) is 6.28. The molecule has 0 atom stereocenters. The van der Waals surface area contributed by atoms with Gasteiger partial charge in [-0.15, -0.1) is 0 Å². The number of aromatic nitrogens is 2. The van der Waals surface area contributed by atoms with E-state index in [0.717, 1.165) is 0 Å². The van der Waals surface area contributed by atoms with Gasteiger partial charge in [-0.2, -0.15) is 0 Å². The van der Waals surface area contributed by atoms with Crippen LogP contribution in [0.1, 0.15) is 16.8 Å². The lowest BCUT2D eigenvalue weighted by Gasteiger charge is -2.09. The highest BCUT2D eigenvalue weighted by Crippen LogP contribution is 2.20. The molecule has 1 N–H and O–H groups in total. The van der Waals surface area contributed by atoms with Crippen LogP contribution in [0.25, 0.3) is 10.9 Å². The van der Waals surface area contributed by atoms with Crippen molar-refractivity contribution in [3.8, 4) is 5.75 Å². The van der Waals surface area contributed by atoms with Crippen molar-refractivity contribution in [1.29, 1.82) is 0 Å². The highest BCUT2D eigenvalue weighted by atomic mass is 35.5. The zero-order chi connectivity index (χ0) is 22.5. The van der Waals surface area contributed by atoms with Crippen LogP contribution >= 0.6 is 11.6 Å². The molecule has 160 valence electrons. The summed E-state index contributed by atoms with van der Waals surface area (Å²) in [4.78, 5) is 41.2. The van der Waals surface area contributed by atoms with E-state index in [9.17, 15) is 14.4 Å². The first kappa shape index (κ1) is 21.3. The number of carbonyl (C=O) groups excluding carboxylic acids is 2. The molecule has 1 amide bonds. The third-order valence-corrected chi connectivity index (χ3v) is 5.08. The van der Waals surface area contributed by atoms with Gasteiger partial charge in [-0.25, -0.2) is 4.98 Å². The third-order valence-electron chi connectivity index (χ3n) is 4.75. The second-order valence-electron chi connectivity index (χ2n) is 6.94. The number of hydrogen-bond acceptors (Lipinski definition) is 5. The van der Waals surface area contributed by atoms with E-state index in [-0.39, 0.29) is 24.4 Å². The number of esters is 1. The lowest BCUT2D eigenvalue weighted by molar-refractivity contribution is -0.134. The van der Waals surface area contributed by atoms with Crippen molar-refractivity contribution in [1.82, 2.24) is 9.55 Å². The molecule has 0 saturated carbocycles. The summed E-state index contributed by atoms with van der Waals surface area (Å²) >= 11 is 6.04. The van der Waals surface area contributed by atoms with Crippen LogP contribution in [0.2, 0.25) is 5.02 Å². The van der Waals surface area contributed by atoms with E-state index in [2.05, 4.69) is 10.3 Å². The van der Waals surface area contributed by atoms with Gasteiger partial charge in [0.25, 0.3) is 11.5 Å². The van der Waals surface area contributed by atoms with Crippen molar-refractivity contribution >= 4 is 40.1 Å². The topological polar surface area (TPSA) is 90.3 Å². The molecular weight excluding hydrogens is 430 g/mol. The molecule has 0 aliphatic rings. The number of ether oxygens (including phenoxy) is 1. The summed E-state index contributed by atoms with van der Waals surface area (Å²) in [5.41, 5.74) is 1.30. The average Bonchev–Trinajstić information content (AvgIpc) is 2.80. The summed E-state index contributed by atoms with van der Waals surface area (Å²) in [7, 11) is 0. The lowest BCUT2D eigenvalue weighted by Crippen LogP contribution is -2.23. The fourth-order valence-corrected chi connectivity index (χ4v) is 3.33. The van der Waals surface area contributed by atoms with Crippen LogP contribution < -0.4 is 15.6 Å². The number of anilines is 1. The van der Waals surface area contributed by atoms with E-state index in [1.165, 1.54) is 10.9 Å². The van der Waals surface area contributed by atoms with Crippen molar-refractivity contribution in [2.24, 2.45) is 0 Å². The maximum Gasteiger partial charge on any atom is 0.312 e. The van der Waals surface area contributed by atoms with Gasteiger partial charge in [0.05, 0.1) is 34.2 Å². The summed E-state index contributed by atoms with van der Waals surface area (Å²) in [6.45, 7) is 0.154. The molecule has 3 aromatic carbocycles. The number of aryl methyl sites for hydroxylation is 1. The number of hydrogen-bond donors (Lipinski definition) is 1. The fraction of sp³-hybridized carbons (Fsp3) is 0.0833. The van der Waals surface area contributed by atoms with Gasteiger partial charge < -0.3 is 10.1 Å². The van der Waals surface area contributed by atoms with Gasteiger partial charge in [0.1, 0.15) is 5.75 Å². The van der Waals surface area contributed by atoms with Crippen molar-refractivity contribution < 1.29 is 14.3 Å². The number of para-hydroxylation sites is 1. The van der Waals surface area contributed by atoms with Gasteiger partial charge in [0, 0.05) is 12.2 Å². The number of amides is 1. The summed E-state index contributed by atoms with van der Waals surface area (Å²) in [5.74, 6) is -0.498. The van der Waals surface area contributed by atoms with E-state index < -0.39 is 5.97 Å². The molecule has 0 spiro atoms. The third kappa shape index (κ3) is 4.84. The first-order valence-corrected chi connectivity index (χ1v) is 10.2. The minimum absolute atomic E-state index is 0.00488. The van der Waals surface area contributed by atoms with Crippen molar-refractivity contribution in [2.45, 2.75) is 13.0 Å². The van der Waals surface area contributed by atoms with Crippen LogP contribution in [0.4, 0.5) is 5.69 Å². The van der Waals surface area contributed by atoms with Crippen LogP contribution in [-0.2, 0) is 11.3 Å². The monoisotopic (exact) mass is 447 g/mol. The number of carbonyl (C=O) groups is 2. The smallest absolute Gasteiger partial charge is 0.312 e. The predicted octanol–water partition coefficient (Wildman–Crippen LogP) is 4.30. The molecule has 0 unspecified atom stereocenters. The van der Waals surface area contributed by atoms with Crippen LogP contribution in [0.3, 0.4) is 0 Å². The van der Waals surface area contributed by atoms with Crippen molar-refractivity contribution in [3.63, 3.8) is 0 Å². The first-order chi connectivity index (χ1) is 15.5. The van der Waals surface area contributed by atoms with Gasteiger partial charge >= 0.3 is 5.97 Å². The predicted molar refractivity (Wildman–Crippen MR) is 122 cm³/mol. The largest absolute Gasteiger partial charge is 0.426 e. The Morgan fingerprint density at radius 2 is 1.69 bits per heavy atom. The molecule has 0 bridgehead atoms. The summed E-state index contributed by atoms with van der Waals surface area (Å²) in [6, 6.07) is 20.2. The second-order valence-corrected chi connectivity index (χ2v) is 7.35. The summed E-state index contributed by atoms with van der Waals surface area (Å²) in [5, 5.41) is 3.59. The zero-order valence-electron chi connectivity index (χ0n) is 16.8. The SMILES string of the molecule is O=C(CCn1cnc2ccccc2c1=O)Oc1ccc(NC(=O)c2ccccc2Cl)cc1. The second kappa shape index (κ2) is 9.45. The van der Waals surface area contributed by atoms with E-state index in [1.54, 1.807) is 66.7 Å². The molecule has 0 saturated heterocycles. The van der Waals surface area contributed by atoms with Gasteiger partial charge in [0.15, 0.2) is 0 Å². The molecule has 0 aliphatic carbocycles. The Bertz CT molecular complexity index is 1350. The first-order valence-electron chi connectivity index (χ1n) is 9.82. The van der Waals surface area contributed by atoms with Gasteiger partial charge in [0.2, 0.25) is 0 Å². The van der Waals surface area contributed by atoms with Crippen LogP contribution in [0.15, 0.2) is 83.9 Å². The molecule has 4 rings (SSSR count). The van der Waals surface area contributed by atoms with E-state index in [0.29, 0.717) is 32.9 Å². The van der Waals surface area contributed by atoms with E-state index >= 15 is 0 Å². The molecule has 4 aromatic rings. The molecule has 0 aliphatic heterocycles. The van der Waals surface area contributed by atoms with Gasteiger partial charge in [-0.3, -0.25) is 19.0 Å². The Morgan fingerprint density at radius 1 is 0.969 bits per heavy atom. The molecule has 7 nitrogen and oxygen atoms in total. The Morgan fingerprint density at radius 3 is 2.47 bits per heavy atom. The number of fused-ring (bicyclic) bond motifs is 1. The quantitative estimate of drug-likeness (QED) is 0.351. The maximum absolute atomic E-state index is 12.5. The van der Waals surface area contributed by atoms with Crippen molar-refractivity contribution in [2.75, 3.05) is 5.32 Å². The minimum atomic E-state index is -0.488. The molecule has 8 heteroatoms. The van der Waals surface area contributed by atoms with Crippen molar-refractivity contribution in [3.05, 3.63) is 100 Å². The maximum atomic E-state index is 12.5. The van der Waals surface area contributed by atoms with Crippen LogP contribution in [0.5, 0.6) is 5.75 Å². The number of benzene rings is 3. The van der Waals surface area contributed by atoms with Crippen LogP contribution in [-0.4, -0.2) is 21.4 Å². The molecule has 1 aromatic heterocycles. The number of nitrogens with zero attached hydrogens (tertiary/aromatic N) is 2. The Labute approximate surface area is 188 Å². The Hall–Kier alpha value is -3.97. The molecule has 0 radical (unpaired) electrons. The fourth-order valence-electron chi connectivity index (χ4n) is 3.11. The lowest BCUT2D eigenvalue weighted by atomic mass is 10.2. The minimum Gasteiger partial charge on any atom is -0.426 e. The molecule has 1 heterocycles. The van der Waals surface area contributed by atoms with Gasteiger partial charge in [-0.05, 0) is 48.5 Å². The van der Waals surface area contributed by atoms with E-state index in [1.807, 2.05) is 6.07 Å². The highest BCUT2D eigenvalue weighted by molar-refractivity contribution is 6.34. The van der Waals surface area contributed by atoms with Crippen LogP contribution in [0, 0.1) is 0 Å². The normalized spacial score (nSPS) is 10.7. The highest BCUT2D eigenvalue weighted by Gasteiger charge is 2.11. The molecule has 32 heavy (non-hydrogen) atoms. The molecular formula is C24H18ClN3O4. The van der Waals surface area contributed by atoms with Gasteiger partial charge in [-0.1, -0.05) is 35.9 Å².